The molecule has 0 bridgehead atoms. The van der Waals surface area contributed by atoms with Crippen LogP contribution in [0, 0.1) is 0 Å². The van der Waals surface area contributed by atoms with Crippen LogP contribution in [0.4, 0.5) is 0 Å². The first kappa shape index (κ1) is 14.9. The molecule has 0 radical (unpaired) electrons. The lowest BCUT2D eigenvalue weighted by atomic mass is 10.2. The van der Waals surface area contributed by atoms with E-state index in [1.807, 2.05) is 13.8 Å². The molecule has 0 aliphatic carbocycles. The summed E-state index contributed by atoms with van der Waals surface area (Å²) in [6.07, 6.45) is 2.29. The number of nitrogens with one attached hydrogen (secondary N) is 1. The number of aliphatic carboxylic acids is 1. The van der Waals surface area contributed by atoms with Crippen LogP contribution in [0.2, 0.25) is 0 Å². The average molecular weight is 266 g/mol. The topological polar surface area (TPSA) is 88.5 Å². The number of rotatable bonds is 6. The van der Waals surface area contributed by atoms with Gasteiger partial charge in [0.05, 0.1) is 6.10 Å². The summed E-state index contributed by atoms with van der Waals surface area (Å²) in [5.41, 5.74) is 0.321. The molecular weight excluding hydrogens is 248 g/mol. The third kappa shape index (κ3) is 4.57. The molecule has 0 aliphatic rings. The molecule has 19 heavy (non-hydrogen) atoms. The highest BCUT2D eigenvalue weighted by Crippen LogP contribution is 2.12. The Morgan fingerprint density at radius 1 is 1.47 bits per heavy atom. The van der Waals surface area contributed by atoms with Crippen molar-refractivity contribution in [3.8, 4) is 5.88 Å². The minimum atomic E-state index is -1.08. The molecule has 0 aliphatic heterocycles. The highest BCUT2D eigenvalue weighted by atomic mass is 16.5. The summed E-state index contributed by atoms with van der Waals surface area (Å²) in [6, 6.07) is 2.06. The second-order valence-electron chi connectivity index (χ2n) is 4.25. The normalized spacial score (nSPS) is 13.4. The molecule has 1 aromatic heterocycles. The summed E-state index contributed by atoms with van der Waals surface area (Å²) in [6.45, 7) is 5.29. The van der Waals surface area contributed by atoms with Gasteiger partial charge in [-0.1, -0.05) is 6.92 Å². The zero-order valence-corrected chi connectivity index (χ0v) is 11.2. The third-order valence-corrected chi connectivity index (χ3v) is 2.61. The van der Waals surface area contributed by atoms with Crippen LogP contribution in [0.15, 0.2) is 18.3 Å². The van der Waals surface area contributed by atoms with Crippen molar-refractivity contribution in [2.24, 2.45) is 0 Å². The van der Waals surface area contributed by atoms with Crippen LogP contribution in [0.3, 0.4) is 0 Å². The monoisotopic (exact) mass is 266 g/mol. The van der Waals surface area contributed by atoms with Gasteiger partial charge in [-0.15, -0.1) is 0 Å². The highest BCUT2D eigenvalue weighted by molar-refractivity contribution is 5.96. The Morgan fingerprint density at radius 2 is 2.16 bits per heavy atom. The molecule has 0 saturated heterocycles. The van der Waals surface area contributed by atoms with E-state index >= 15 is 0 Å². The molecule has 2 N–H and O–H groups in total. The van der Waals surface area contributed by atoms with Gasteiger partial charge in [0, 0.05) is 17.8 Å². The minimum Gasteiger partial charge on any atom is -0.480 e. The Bertz CT molecular complexity index is 462. The van der Waals surface area contributed by atoms with Crippen molar-refractivity contribution in [3.63, 3.8) is 0 Å². The van der Waals surface area contributed by atoms with Gasteiger partial charge >= 0.3 is 5.97 Å². The number of hydrogen-bond donors (Lipinski definition) is 2. The van der Waals surface area contributed by atoms with Crippen LogP contribution >= 0.6 is 0 Å². The number of amides is 1. The first-order chi connectivity index (χ1) is 8.93. The lowest BCUT2D eigenvalue weighted by Gasteiger charge is -2.13. The standard InChI is InChI=1S/C13H18N2O4/c1-4-8(2)19-11-7-10(5-6-14-11)12(16)15-9(3)13(17)18/h5-9H,4H2,1-3H3,(H,15,16)(H,17,18)/t8?,9-/m1/s1. The molecule has 0 spiro atoms. The molecular formula is C13H18N2O4. The van der Waals surface area contributed by atoms with E-state index in [4.69, 9.17) is 9.84 Å². The van der Waals surface area contributed by atoms with Crippen molar-refractivity contribution in [1.29, 1.82) is 0 Å². The van der Waals surface area contributed by atoms with Crippen molar-refractivity contribution < 1.29 is 19.4 Å². The minimum absolute atomic E-state index is 0.00348. The van der Waals surface area contributed by atoms with E-state index in [-0.39, 0.29) is 6.10 Å². The van der Waals surface area contributed by atoms with Gasteiger partial charge in [0.2, 0.25) is 5.88 Å². The molecule has 6 nitrogen and oxygen atoms in total. The maximum absolute atomic E-state index is 11.8. The average Bonchev–Trinajstić information content (AvgIpc) is 2.38. The van der Waals surface area contributed by atoms with E-state index in [0.29, 0.717) is 11.4 Å². The Balaban J connectivity index is 2.75. The Kier molecular flexibility index (Phi) is 5.29. The molecule has 2 atom stereocenters. The highest BCUT2D eigenvalue weighted by Gasteiger charge is 2.16. The largest absolute Gasteiger partial charge is 0.480 e. The maximum Gasteiger partial charge on any atom is 0.325 e. The van der Waals surface area contributed by atoms with E-state index in [1.54, 1.807) is 0 Å². The number of hydrogen-bond acceptors (Lipinski definition) is 4. The fourth-order valence-electron chi connectivity index (χ4n) is 1.25. The van der Waals surface area contributed by atoms with Crippen molar-refractivity contribution >= 4 is 11.9 Å². The molecule has 1 aromatic rings. The quantitative estimate of drug-likeness (QED) is 0.813. The number of aromatic nitrogens is 1. The van der Waals surface area contributed by atoms with E-state index in [0.717, 1.165) is 6.42 Å². The van der Waals surface area contributed by atoms with Gasteiger partial charge in [-0.3, -0.25) is 9.59 Å². The van der Waals surface area contributed by atoms with E-state index in [2.05, 4.69) is 10.3 Å². The van der Waals surface area contributed by atoms with E-state index in [1.165, 1.54) is 25.3 Å². The van der Waals surface area contributed by atoms with Gasteiger partial charge in [-0.2, -0.15) is 0 Å². The number of carboxylic acid groups (broad SMARTS) is 1. The fraction of sp³-hybridized carbons (Fsp3) is 0.462. The molecule has 1 amide bonds. The Labute approximate surface area is 111 Å². The van der Waals surface area contributed by atoms with Crippen LogP contribution in [0.1, 0.15) is 37.6 Å². The Hall–Kier alpha value is -2.11. The van der Waals surface area contributed by atoms with Crippen LogP contribution in [-0.2, 0) is 4.79 Å². The predicted octanol–water partition coefficient (Wildman–Crippen LogP) is 1.46. The maximum atomic E-state index is 11.8. The van der Waals surface area contributed by atoms with Crippen molar-refractivity contribution in [2.75, 3.05) is 0 Å². The second kappa shape index (κ2) is 6.72. The smallest absolute Gasteiger partial charge is 0.325 e. The molecule has 0 fully saturated rings. The van der Waals surface area contributed by atoms with Crippen molar-refractivity contribution in [2.45, 2.75) is 39.3 Å². The lowest BCUT2D eigenvalue weighted by molar-refractivity contribution is -0.138. The summed E-state index contributed by atoms with van der Waals surface area (Å²) in [4.78, 5) is 26.5. The summed E-state index contributed by atoms with van der Waals surface area (Å²) >= 11 is 0. The Morgan fingerprint density at radius 3 is 2.74 bits per heavy atom. The molecule has 6 heteroatoms. The van der Waals surface area contributed by atoms with Crippen molar-refractivity contribution in [3.05, 3.63) is 23.9 Å². The second-order valence-corrected chi connectivity index (χ2v) is 4.25. The van der Waals surface area contributed by atoms with Crippen LogP contribution in [0.5, 0.6) is 5.88 Å². The summed E-state index contributed by atoms with van der Waals surface area (Å²) in [7, 11) is 0. The predicted molar refractivity (Wildman–Crippen MR) is 69.2 cm³/mol. The van der Waals surface area contributed by atoms with Crippen LogP contribution in [-0.4, -0.2) is 34.1 Å². The van der Waals surface area contributed by atoms with E-state index in [9.17, 15) is 9.59 Å². The molecule has 104 valence electrons. The number of nitrogens with zero attached hydrogens (tertiary/aromatic N) is 1. The van der Waals surface area contributed by atoms with Gasteiger partial charge in [-0.05, 0) is 26.3 Å². The fourth-order valence-corrected chi connectivity index (χ4v) is 1.25. The summed E-state index contributed by atoms with van der Waals surface area (Å²) < 4.78 is 5.50. The number of ether oxygens (including phenoxy) is 1. The third-order valence-electron chi connectivity index (χ3n) is 2.61. The lowest BCUT2D eigenvalue weighted by Crippen LogP contribution is -2.38. The number of carboxylic acids is 1. The summed E-state index contributed by atoms with van der Waals surface area (Å²) in [5, 5.41) is 11.1. The van der Waals surface area contributed by atoms with Crippen LogP contribution < -0.4 is 10.1 Å². The zero-order chi connectivity index (χ0) is 14.4. The van der Waals surface area contributed by atoms with Crippen LogP contribution in [0.25, 0.3) is 0 Å². The molecule has 0 aromatic carbocycles. The van der Waals surface area contributed by atoms with Crippen molar-refractivity contribution in [1.82, 2.24) is 10.3 Å². The first-order valence-corrected chi connectivity index (χ1v) is 6.10. The first-order valence-electron chi connectivity index (χ1n) is 6.10. The number of carbonyl (C=O) groups excluding carboxylic acids is 1. The van der Waals surface area contributed by atoms with E-state index < -0.39 is 17.9 Å². The molecule has 0 saturated carbocycles. The number of carbonyl (C=O) groups is 2. The summed E-state index contributed by atoms with van der Waals surface area (Å²) in [5.74, 6) is -1.20. The van der Waals surface area contributed by atoms with Gasteiger partial charge in [0.15, 0.2) is 0 Å². The molecule has 1 rings (SSSR count). The zero-order valence-electron chi connectivity index (χ0n) is 11.2. The van der Waals surface area contributed by atoms with Gasteiger partial charge < -0.3 is 15.2 Å². The number of pyridine rings is 1. The van der Waals surface area contributed by atoms with Gasteiger partial charge in [-0.25, -0.2) is 4.98 Å². The molecule has 1 heterocycles. The van der Waals surface area contributed by atoms with Gasteiger partial charge in [0.25, 0.3) is 5.91 Å². The SMILES string of the molecule is CCC(C)Oc1cc(C(=O)N[C@H](C)C(=O)O)ccn1. The molecule has 1 unspecified atom stereocenters. The van der Waals surface area contributed by atoms with Gasteiger partial charge in [0.1, 0.15) is 6.04 Å².